The van der Waals surface area contributed by atoms with Crippen LogP contribution in [0.25, 0.3) is 0 Å². The Hall–Kier alpha value is -1.88. The zero-order chi connectivity index (χ0) is 15.5. The lowest BCUT2D eigenvalue weighted by molar-refractivity contribution is -0.118. The normalized spacial score (nSPS) is 13.5. The lowest BCUT2D eigenvalue weighted by atomic mass is 10.0. The number of benzene rings is 1. The fraction of sp³-hybridized carbons (Fsp3) is 0.412. The van der Waals surface area contributed by atoms with Gasteiger partial charge in [-0.25, -0.2) is 4.98 Å². The van der Waals surface area contributed by atoms with E-state index in [1.165, 1.54) is 23.3 Å². The number of hydrogen-bond acceptors (Lipinski definition) is 4. The van der Waals surface area contributed by atoms with E-state index >= 15 is 0 Å². The Kier molecular flexibility index (Phi) is 4.43. The maximum atomic E-state index is 12.0. The lowest BCUT2D eigenvalue weighted by Crippen LogP contribution is -2.20. The molecule has 3 rings (SSSR count). The van der Waals surface area contributed by atoms with Crippen LogP contribution in [0.5, 0.6) is 5.75 Å². The maximum Gasteiger partial charge on any atom is 0.264 e. The van der Waals surface area contributed by atoms with Gasteiger partial charge in [0, 0.05) is 4.88 Å². The number of nitrogens with one attached hydrogen (secondary N) is 1. The molecular weight excluding hydrogens is 296 g/mol. The largest absolute Gasteiger partial charge is 0.484 e. The van der Waals surface area contributed by atoms with Crippen molar-refractivity contribution < 1.29 is 9.53 Å². The summed E-state index contributed by atoms with van der Waals surface area (Å²) in [4.78, 5) is 17.8. The number of hydrogen-bond donors (Lipinski definition) is 1. The van der Waals surface area contributed by atoms with E-state index in [4.69, 9.17) is 4.74 Å². The van der Waals surface area contributed by atoms with Gasteiger partial charge in [-0.05, 0) is 62.8 Å². The van der Waals surface area contributed by atoms with Gasteiger partial charge >= 0.3 is 0 Å². The highest BCUT2D eigenvalue weighted by molar-refractivity contribution is 7.15. The Morgan fingerprint density at radius 3 is 2.86 bits per heavy atom. The number of carbonyl (C=O) groups excluding carboxylic acids is 1. The Bertz CT molecular complexity index is 670. The summed E-state index contributed by atoms with van der Waals surface area (Å²) < 4.78 is 5.54. The highest BCUT2D eigenvalue weighted by atomic mass is 32.1. The van der Waals surface area contributed by atoms with Gasteiger partial charge in [-0.15, -0.1) is 11.3 Å². The van der Waals surface area contributed by atoms with E-state index in [1.54, 1.807) is 11.3 Å². The van der Waals surface area contributed by atoms with Crippen LogP contribution in [0.15, 0.2) is 18.2 Å². The van der Waals surface area contributed by atoms with Crippen LogP contribution < -0.4 is 10.1 Å². The molecule has 0 bridgehead atoms. The maximum absolute atomic E-state index is 12.0. The van der Waals surface area contributed by atoms with Crippen molar-refractivity contribution in [1.82, 2.24) is 4.98 Å². The van der Waals surface area contributed by atoms with E-state index < -0.39 is 0 Å². The molecule has 5 heteroatoms. The van der Waals surface area contributed by atoms with Gasteiger partial charge in [-0.1, -0.05) is 6.07 Å². The van der Waals surface area contributed by atoms with Crippen LogP contribution in [0.1, 0.15) is 34.5 Å². The van der Waals surface area contributed by atoms with Gasteiger partial charge in [0.05, 0.1) is 5.69 Å². The number of thiazole rings is 1. The first kappa shape index (κ1) is 15.0. The zero-order valence-electron chi connectivity index (χ0n) is 12.9. The first-order valence-corrected chi connectivity index (χ1v) is 8.42. The van der Waals surface area contributed by atoms with Crippen molar-refractivity contribution in [1.29, 1.82) is 0 Å². The van der Waals surface area contributed by atoms with Crippen molar-refractivity contribution in [3.8, 4) is 5.75 Å². The fourth-order valence-corrected chi connectivity index (χ4v) is 3.58. The number of amides is 1. The SMILES string of the molecule is Cc1ccc(OCC(=O)Nc2nc3c(s2)CCCC3)cc1C. The van der Waals surface area contributed by atoms with Crippen LogP contribution in [-0.4, -0.2) is 17.5 Å². The molecule has 0 spiro atoms. The van der Waals surface area contributed by atoms with Crippen molar-refractivity contribution >= 4 is 22.4 Å². The molecule has 1 N–H and O–H groups in total. The minimum absolute atomic E-state index is 0.00669. The van der Waals surface area contributed by atoms with Gasteiger partial charge < -0.3 is 4.74 Å². The highest BCUT2D eigenvalue weighted by Gasteiger charge is 2.16. The third kappa shape index (κ3) is 3.47. The van der Waals surface area contributed by atoms with Crippen molar-refractivity contribution in [3.05, 3.63) is 39.9 Å². The number of ether oxygens (including phenoxy) is 1. The van der Waals surface area contributed by atoms with Crippen LogP contribution in [0.4, 0.5) is 5.13 Å². The van der Waals surface area contributed by atoms with Crippen molar-refractivity contribution in [2.75, 3.05) is 11.9 Å². The molecule has 1 aliphatic rings. The smallest absolute Gasteiger partial charge is 0.264 e. The van der Waals surface area contributed by atoms with E-state index in [9.17, 15) is 4.79 Å². The van der Waals surface area contributed by atoms with Crippen LogP contribution in [0.3, 0.4) is 0 Å². The molecule has 0 fully saturated rings. The molecule has 22 heavy (non-hydrogen) atoms. The lowest BCUT2D eigenvalue weighted by Gasteiger charge is -2.07. The molecule has 0 saturated carbocycles. The summed E-state index contributed by atoms with van der Waals surface area (Å²) >= 11 is 1.59. The van der Waals surface area contributed by atoms with E-state index in [0.717, 1.165) is 29.8 Å². The highest BCUT2D eigenvalue weighted by Crippen LogP contribution is 2.29. The molecule has 1 aromatic carbocycles. The molecule has 1 aromatic heterocycles. The minimum atomic E-state index is -0.163. The fourth-order valence-electron chi connectivity index (χ4n) is 2.51. The molecule has 1 heterocycles. The third-order valence-corrected chi connectivity index (χ3v) is 5.01. The molecule has 1 amide bonds. The zero-order valence-corrected chi connectivity index (χ0v) is 13.8. The van der Waals surface area contributed by atoms with Crippen LogP contribution in [0.2, 0.25) is 0 Å². The van der Waals surface area contributed by atoms with Crippen LogP contribution >= 0.6 is 11.3 Å². The number of rotatable bonds is 4. The third-order valence-electron chi connectivity index (χ3n) is 3.94. The minimum Gasteiger partial charge on any atom is -0.484 e. The summed E-state index contributed by atoms with van der Waals surface area (Å²) in [5.41, 5.74) is 3.53. The molecule has 0 aliphatic heterocycles. The summed E-state index contributed by atoms with van der Waals surface area (Å²) in [6.45, 7) is 4.09. The number of anilines is 1. The summed E-state index contributed by atoms with van der Waals surface area (Å²) in [6, 6.07) is 5.83. The molecule has 0 saturated heterocycles. The van der Waals surface area contributed by atoms with E-state index in [2.05, 4.69) is 17.2 Å². The quantitative estimate of drug-likeness (QED) is 0.936. The monoisotopic (exact) mass is 316 g/mol. The van der Waals surface area contributed by atoms with E-state index in [0.29, 0.717) is 5.13 Å². The summed E-state index contributed by atoms with van der Waals surface area (Å²) in [5.74, 6) is 0.556. The second-order valence-electron chi connectivity index (χ2n) is 5.68. The second kappa shape index (κ2) is 6.48. The molecule has 2 aromatic rings. The number of fused-ring (bicyclic) bond motifs is 1. The molecule has 0 atom stereocenters. The molecule has 4 nitrogen and oxygen atoms in total. The van der Waals surface area contributed by atoms with Gasteiger partial charge in [-0.2, -0.15) is 0 Å². The van der Waals surface area contributed by atoms with Crippen LogP contribution in [-0.2, 0) is 17.6 Å². The van der Waals surface area contributed by atoms with Gasteiger partial charge in [0.25, 0.3) is 5.91 Å². The number of carbonyl (C=O) groups is 1. The average Bonchev–Trinajstić information content (AvgIpc) is 2.90. The Morgan fingerprint density at radius 1 is 1.27 bits per heavy atom. The molecule has 116 valence electrons. The molecule has 0 unspecified atom stereocenters. The number of aryl methyl sites for hydroxylation is 4. The first-order valence-electron chi connectivity index (χ1n) is 7.60. The second-order valence-corrected chi connectivity index (χ2v) is 6.76. The molecular formula is C17H20N2O2S. The Labute approximate surface area is 134 Å². The predicted octanol–water partition coefficient (Wildman–Crippen LogP) is 3.66. The van der Waals surface area contributed by atoms with E-state index in [1.807, 2.05) is 25.1 Å². The topological polar surface area (TPSA) is 51.2 Å². The average molecular weight is 316 g/mol. The summed E-state index contributed by atoms with van der Waals surface area (Å²) in [6.07, 6.45) is 4.53. The molecule has 0 radical (unpaired) electrons. The Morgan fingerprint density at radius 2 is 2.09 bits per heavy atom. The van der Waals surface area contributed by atoms with E-state index in [-0.39, 0.29) is 12.5 Å². The van der Waals surface area contributed by atoms with Crippen LogP contribution in [0, 0.1) is 13.8 Å². The summed E-state index contributed by atoms with van der Waals surface area (Å²) in [5, 5.41) is 3.53. The standard InChI is InChI=1S/C17H20N2O2S/c1-11-7-8-13(9-12(11)2)21-10-16(20)19-17-18-14-5-3-4-6-15(14)22-17/h7-9H,3-6,10H2,1-2H3,(H,18,19,20). The predicted molar refractivity (Wildman–Crippen MR) is 88.8 cm³/mol. The van der Waals surface area contributed by atoms with Gasteiger partial charge in [0.2, 0.25) is 0 Å². The van der Waals surface area contributed by atoms with Gasteiger partial charge in [-0.3, -0.25) is 10.1 Å². The Balaban J connectivity index is 1.56. The number of nitrogens with zero attached hydrogens (tertiary/aromatic N) is 1. The van der Waals surface area contributed by atoms with Crippen molar-refractivity contribution in [2.24, 2.45) is 0 Å². The number of aromatic nitrogens is 1. The first-order chi connectivity index (χ1) is 10.6. The molecule has 1 aliphatic carbocycles. The summed E-state index contributed by atoms with van der Waals surface area (Å²) in [7, 11) is 0. The van der Waals surface area contributed by atoms with Crippen molar-refractivity contribution in [3.63, 3.8) is 0 Å². The van der Waals surface area contributed by atoms with Gasteiger partial charge in [0.1, 0.15) is 5.75 Å². The van der Waals surface area contributed by atoms with Crippen molar-refractivity contribution in [2.45, 2.75) is 39.5 Å². The van der Waals surface area contributed by atoms with Gasteiger partial charge in [0.15, 0.2) is 11.7 Å².